The van der Waals surface area contributed by atoms with E-state index in [0.717, 1.165) is 11.5 Å². The van der Waals surface area contributed by atoms with Gasteiger partial charge in [-0.15, -0.1) is 4.37 Å². The highest BCUT2D eigenvalue weighted by Crippen LogP contribution is 2.39. The van der Waals surface area contributed by atoms with Gasteiger partial charge in [0.25, 0.3) is 5.88 Å². The van der Waals surface area contributed by atoms with Gasteiger partial charge >= 0.3 is 5.00 Å². The van der Waals surface area contributed by atoms with Gasteiger partial charge in [0.1, 0.15) is 0 Å². The number of anilines is 1. The molecule has 0 aromatic carbocycles. The summed E-state index contributed by atoms with van der Waals surface area (Å²) < 4.78 is 9.07. The Morgan fingerprint density at radius 1 is 1.64 bits per heavy atom. The zero-order chi connectivity index (χ0) is 10.7. The molecule has 0 atom stereocenters. The predicted octanol–water partition coefficient (Wildman–Crippen LogP) is 1.52. The van der Waals surface area contributed by atoms with Crippen LogP contribution in [0.2, 0.25) is 0 Å². The summed E-state index contributed by atoms with van der Waals surface area (Å²) in [5.41, 5.74) is 0.432. The molecule has 0 aliphatic carbocycles. The number of ether oxygens (including phenoxy) is 1. The van der Waals surface area contributed by atoms with Crippen LogP contribution in [0.25, 0.3) is 0 Å². The lowest BCUT2D eigenvalue weighted by molar-refractivity contribution is -0.379. The topological polar surface area (TPSA) is 68.5 Å². The molecular weight excluding hydrogens is 206 g/mol. The molecule has 0 bridgehead atoms. The summed E-state index contributed by atoms with van der Waals surface area (Å²) in [6, 6.07) is 0. The third-order valence-corrected chi connectivity index (χ3v) is 2.29. The molecule has 0 aliphatic heterocycles. The fourth-order valence-corrected chi connectivity index (χ4v) is 1.73. The molecule has 0 aliphatic rings. The first-order valence-corrected chi connectivity index (χ1v) is 4.79. The van der Waals surface area contributed by atoms with Crippen LogP contribution < -0.4 is 9.64 Å². The molecule has 0 saturated heterocycles. The van der Waals surface area contributed by atoms with Gasteiger partial charge in [-0.2, -0.15) is 0 Å². The van der Waals surface area contributed by atoms with Crippen molar-refractivity contribution in [1.82, 2.24) is 4.37 Å². The first kappa shape index (κ1) is 10.7. The second-order valence-corrected chi connectivity index (χ2v) is 3.48. The lowest BCUT2D eigenvalue weighted by Gasteiger charge is -2.10. The minimum absolute atomic E-state index is 0.0125. The Balaban J connectivity index is 3.13. The lowest BCUT2D eigenvalue weighted by Crippen LogP contribution is -2.11. The monoisotopic (exact) mass is 217 g/mol. The van der Waals surface area contributed by atoms with Crippen molar-refractivity contribution in [2.75, 3.05) is 25.6 Å². The van der Waals surface area contributed by atoms with Crippen LogP contribution in [0.5, 0.6) is 5.88 Å². The van der Waals surface area contributed by atoms with E-state index in [-0.39, 0.29) is 5.00 Å². The normalized spacial score (nSPS) is 9.93. The number of hydrogen-bond donors (Lipinski definition) is 0. The van der Waals surface area contributed by atoms with Crippen molar-refractivity contribution in [3.8, 4) is 5.88 Å². The van der Waals surface area contributed by atoms with Crippen molar-refractivity contribution in [3.05, 3.63) is 10.1 Å². The minimum atomic E-state index is -0.449. The summed E-state index contributed by atoms with van der Waals surface area (Å²) in [6.45, 7) is 2.26. The first-order valence-electron chi connectivity index (χ1n) is 4.02. The summed E-state index contributed by atoms with van der Waals surface area (Å²) >= 11 is 0.837. The maximum Gasteiger partial charge on any atom is 0.370 e. The second kappa shape index (κ2) is 4.23. The summed E-state index contributed by atoms with van der Waals surface area (Å²) in [6.07, 6.45) is 0. The Labute approximate surface area is 85.4 Å². The molecule has 78 valence electrons. The van der Waals surface area contributed by atoms with Crippen LogP contribution in [0, 0.1) is 10.1 Å². The van der Waals surface area contributed by atoms with Crippen LogP contribution in [0.4, 0.5) is 10.7 Å². The fourth-order valence-electron chi connectivity index (χ4n) is 0.996. The smallest absolute Gasteiger partial charge is 0.370 e. The van der Waals surface area contributed by atoms with Crippen molar-refractivity contribution >= 4 is 22.2 Å². The number of rotatable bonds is 4. The Morgan fingerprint density at radius 3 is 2.71 bits per heavy atom. The van der Waals surface area contributed by atoms with Gasteiger partial charge in [0.2, 0.25) is 0 Å². The number of nitrogens with zero attached hydrogens (tertiary/aromatic N) is 3. The molecule has 0 unspecified atom stereocenters. The van der Waals surface area contributed by atoms with Gasteiger partial charge in [0, 0.05) is 25.6 Å². The summed E-state index contributed by atoms with van der Waals surface area (Å²) in [7, 11) is 3.44. The van der Waals surface area contributed by atoms with Crippen LogP contribution in [0.15, 0.2) is 0 Å². The first-order chi connectivity index (χ1) is 6.57. The third-order valence-electron chi connectivity index (χ3n) is 1.51. The fraction of sp³-hybridized carbons (Fsp3) is 0.571. The molecule has 0 saturated carbocycles. The molecule has 0 fully saturated rings. The summed E-state index contributed by atoms with van der Waals surface area (Å²) in [5, 5.41) is 10.6. The zero-order valence-electron chi connectivity index (χ0n) is 8.18. The predicted molar refractivity (Wildman–Crippen MR) is 54.3 cm³/mol. The minimum Gasteiger partial charge on any atom is -0.476 e. The number of aromatic nitrogens is 1. The Kier molecular flexibility index (Phi) is 3.23. The van der Waals surface area contributed by atoms with E-state index in [1.807, 2.05) is 6.92 Å². The Hall–Kier alpha value is -1.37. The van der Waals surface area contributed by atoms with E-state index in [1.165, 1.54) is 0 Å². The van der Waals surface area contributed by atoms with Gasteiger partial charge in [-0.1, -0.05) is 0 Å². The maximum absolute atomic E-state index is 10.6. The van der Waals surface area contributed by atoms with Crippen molar-refractivity contribution in [2.24, 2.45) is 0 Å². The van der Waals surface area contributed by atoms with Crippen molar-refractivity contribution < 1.29 is 9.66 Å². The average Bonchev–Trinajstić information content (AvgIpc) is 2.48. The molecule has 1 rings (SSSR count). The molecule has 1 aromatic heterocycles. The van der Waals surface area contributed by atoms with Gasteiger partial charge in [0.05, 0.1) is 11.5 Å². The SMILES string of the molecule is CCOc1nsc([N+](=O)[O-])c1N(C)C. The Morgan fingerprint density at radius 2 is 2.29 bits per heavy atom. The van der Waals surface area contributed by atoms with E-state index in [2.05, 4.69) is 4.37 Å². The highest BCUT2D eigenvalue weighted by atomic mass is 32.1. The van der Waals surface area contributed by atoms with Gasteiger partial charge in [-0.25, -0.2) is 0 Å². The van der Waals surface area contributed by atoms with Crippen LogP contribution in [-0.2, 0) is 0 Å². The van der Waals surface area contributed by atoms with Crippen LogP contribution in [0.3, 0.4) is 0 Å². The third kappa shape index (κ3) is 1.92. The van der Waals surface area contributed by atoms with E-state index in [9.17, 15) is 10.1 Å². The van der Waals surface area contributed by atoms with Gasteiger partial charge in [0.15, 0.2) is 5.69 Å². The molecule has 0 spiro atoms. The van der Waals surface area contributed by atoms with E-state index < -0.39 is 4.92 Å². The van der Waals surface area contributed by atoms with Crippen molar-refractivity contribution in [3.63, 3.8) is 0 Å². The lowest BCUT2D eigenvalue weighted by atomic mass is 10.5. The molecule has 1 heterocycles. The molecule has 0 N–H and O–H groups in total. The van der Waals surface area contributed by atoms with E-state index in [0.29, 0.717) is 18.2 Å². The van der Waals surface area contributed by atoms with Crippen LogP contribution >= 0.6 is 11.5 Å². The Bertz CT molecular complexity index is 337. The number of hydrogen-bond acceptors (Lipinski definition) is 6. The highest BCUT2D eigenvalue weighted by Gasteiger charge is 2.25. The largest absolute Gasteiger partial charge is 0.476 e. The molecule has 0 radical (unpaired) electrons. The van der Waals surface area contributed by atoms with Crippen molar-refractivity contribution in [1.29, 1.82) is 0 Å². The molecule has 0 amide bonds. The molecule has 1 aromatic rings. The van der Waals surface area contributed by atoms with Gasteiger partial charge in [-0.3, -0.25) is 10.1 Å². The molecular formula is C7H11N3O3S. The van der Waals surface area contributed by atoms with Crippen LogP contribution in [0.1, 0.15) is 6.92 Å². The quantitative estimate of drug-likeness (QED) is 0.565. The van der Waals surface area contributed by atoms with Crippen molar-refractivity contribution in [2.45, 2.75) is 6.92 Å². The van der Waals surface area contributed by atoms with Gasteiger partial charge < -0.3 is 9.64 Å². The van der Waals surface area contributed by atoms with Gasteiger partial charge in [-0.05, 0) is 6.92 Å². The van der Waals surface area contributed by atoms with E-state index in [1.54, 1.807) is 19.0 Å². The average molecular weight is 217 g/mol. The summed E-state index contributed by atoms with van der Waals surface area (Å²) in [5.74, 6) is 0.328. The highest BCUT2D eigenvalue weighted by molar-refractivity contribution is 7.10. The van der Waals surface area contributed by atoms with E-state index >= 15 is 0 Å². The van der Waals surface area contributed by atoms with E-state index in [4.69, 9.17) is 4.74 Å². The van der Waals surface area contributed by atoms with Crippen LogP contribution in [-0.4, -0.2) is 30.0 Å². The standard InChI is InChI=1S/C7H11N3O3S/c1-4-13-6-5(9(2)3)7(10(11)12)14-8-6/h4H2,1-3H3. The molecule has 7 heteroatoms. The number of nitro groups is 1. The molecule has 14 heavy (non-hydrogen) atoms. The summed E-state index contributed by atoms with van der Waals surface area (Å²) in [4.78, 5) is 11.8. The zero-order valence-corrected chi connectivity index (χ0v) is 9.00. The maximum atomic E-state index is 10.6. The second-order valence-electron chi connectivity index (χ2n) is 2.73. The molecule has 6 nitrogen and oxygen atoms in total.